The number of nitrogens with zero attached hydrogens (tertiary/aromatic N) is 3. The SMILES string of the molecule is CC1(C)CCC(Sc2ncnc3nc[nH]c23)C1N. The molecule has 2 atom stereocenters. The minimum atomic E-state index is 0.204. The Morgan fingerprint density at radius 2 is 2.22 bits per heavy atom. The van der Waals surface area contributed by atoms with Crippen molar-refractivity contribution in [1.29, 1.82) is 0 Å². The van der Waals surface area contributed by atoms with Crippen LogP contribution in [0, 0.1) is 5.41 Å². The van der Waals surface area contributed by atoms with Crippen molar-refractivity contribution in [3.8, 4) is 0 Å². The van der Waals surface area contributed by atoms with Crippen LogP contribution in [0.1, 0.15) is 26.7 Å². The molecule has 3 N–H and O–H groups in total. The van der Waals surface area contributed by atoms with Gasteiger partial charge in [-0.25, -0.2) is 15.0 Å². The predicted octanol–water partition coefficient (Wildman–Crippen LogP) is 1.96. The molecule has 0 radical (unpaired) electrons. The minimum Gasteiger partial charge on any atom is -0.341 e. The van der Waals surface area contributed by atoms with Crippen LogP contribution in [-0.4, -0.2) is 31.2 Å². The third-order valence-electron chi connectivity index (χ3n) is 3.83. The third-order valence-corrected chi connectivity index (χ3v) is 5.19. The van der Waals surface area contributed by atoms with Gasteiger partial charge < -0.3 is 10.7 Å². The van der Waals surface area contributed by atoms with Crippen molar-refractivity contribution in [2.24, 2.45) is 11.1 Å². The molecule has 2 aromatic heterocycles. The molecule has 1 aliphatic carbocycles. The maximum Gasteiger partial charge on any atom is 0.181 e. The van der Waals surface area contributed by atoms with Crippen LogP contribution < -0.4 is 5.73 Å². The number of rotatable bonds is 2. The summed E-state index contributed by atoms with van der Waals surface area (Å²) in [5.41, 5.74) is 8.19. The molecule has 0 amide bonds. The Balaban J connectivity index is 1.87. The molecule has 2 unspecified atom stereocenters. The summed E-state index contributed by atoms with van der Waals surface area (Å²) in [5.74, 6) is 0. The lowest BCUT2D eigenvalue weighted by atomic mass is 9.88. The number of H-pyrrole nitrogens is 1. The van der Waals surface area contributed by atoms with Crippen molar-refractivity contribution in [3.05, 3.63) is 12.7 Å². The van der Waals surface area contributed by atoms with E-state index in [4.69, 9.17) is 5.73 Å². The molecule has 2 aromatic rings. The molecule has 1 saturated carbocycles. The summed E-state index contributed by atoms with van der Waals surface area (Å²) in [4.78, 5) is 15.7. The van der Waals surface area contributed by atoms with Gasteiger partial charge in [-0.05, 0) is 18.3 Å². The smallest absolute Gasteiger partial charge is 0.181 e. The van der Waals surface area contributed by atoms with Crippen LogP contribution in [0.5, 0.6) is 0 Å². The van der Waals surface area contributed by atoms with Gasteiger partial charge in [-0.15, -0.1) is 0 Å². The van der Waals surface area contributed by atoms with Crippen molar-refractivity contribution in [2.75, 3.05) is 0 Å². The molecule has 0 aromatic carbocycles. The van der Waals surface area contributed by atoms with E-state index in [0.717, 1.165) is 22.6 Å². The lowest BCUT2D eigenvalue weighted by Crippen LogP contribution is -2.38. The first kappa shape index (κ1) is 11.9. The highest BCUT2D eigenvalue weighted by atomic mass is 32.2. The van der Waals surface area contributed by atoms with E-state index in [0.29, 0.717) is 5.25 Å². The number of fused-ring (bicyclic) bond motifs is 1. The molecule has 6 heteroatoms. The van der Waals surface area contributed by atoms with E-state index < -0.39 is 0 Å². The number of nitrogens with two attached hydrogens (primary N) is 1. The number of aromatic nitrogens is 4. The second kappa shape index (κ2) is 4.20. The summed E-state index contributed by atoms with van der Waals surface area (Å²) in [6, 6.07) is 0.204. The van der Waals surface area contributed by atoms with Crippen molar-refractivity contribution >= 4 is 22.9 Å². The van der Waals surface area contributed by atoms with Gasteiger partial charge in [-0.3, -0.25) is 0 Å². The highest BCUT2D eigenvalue weighted by molar-refractivity contribution is 8.00. The van der Waals surface area contributed by atoms with Crippen LogP contribution in [0.4, 0.5) is 0 Å². The maximum absolute atomic E-state index is 6.33. The summed E-state index contributed by atoms with van der Waals surface area (Å²) < 4.78 is 0. The predicted molar refractivity (Wildman–Crippen MR) is 72.3 cm³/mol. The lowest BCUT2D eigenvalue weighted by molar-refractivity contribution is 0.334. The van der Waals surface area contributed by atoms with E-state index in [2.05, 4.69) is 33.8 Å². The lowest BCUT2D eigenvalue weighted by Gasteiger charge is -2.26. The molecule has 0 bridgehead atoms. The third kappa shape index (κ3) is 1.89. The number of thioether (sulfide) groups is 1. The molecule has 1 aliphatic rings. The molecule has 18 heavy (non-hydrogen) atoms. The fraction of sp³-hybridized carbons (Fsp3) is 0.583. The summed E-state index contributed by atoms with van der Waals surface area (Å²) in [6.45, 7) is 4.48. The van der Waals surface area contributed by atoms with Gasteiger partial charge in [0.1, 0.15) is 16.9 Å². The van der Waals surface area contributed by atoms with Crippen LogP contribution in [-0.2, 0) is 0 Å². The van der Waals surface area contributed by atoms with E-state index >= 15 is 0 Å². The van der Waals surface area contributed by atoms with Gasteiger partial charge in [0.15, 0.2) is 5.65 Å². The summed E-state index contributed by atoms with van der Waals surface area (Å²) in [6.07, 6.45) is 5.53. The molecule has 0 saturated heterocycles. The van der Waals surface area contributed by atoms with Gasteiger partial charge in [-0.1, -0.05) is 25.6 Å². The highest BCUT2D eigenvalue weighted by Gasteiger charge is 2.40. The van der Waals surface area contributed by atoms with E-state index in [-0.39, 0.29) is 11.5 Å². The van der Waals surface area contributed by atoms with Crippen molar-refractivity contribution in [3.63, 3.8) is 0 Å². The van der Waals surface area contributed by atoms with Gasteiger partial charge in [0, 0.05) is 11.3 Å². The zero-order chi connectivity index (χ0) is 12.8. The molecule has 2 heterocycles. The Morgan fingerprint density at radius 1 is 1.39 bits per heavy atom. The van der Waals surface area contributed by atoms with Crippen LogP contribution in [0.25, 0.3) is 11.2 Å². The zero-order valence-electron chi connectivity index (χ0n) is 10.6. The van der Waals surface area contributed by atoms with Gasteiger partial charge in [0.25, 0.3) is 0 Å². The fourth-order valence-corrected chi connectivity index (χ4v) is 3.89. The van der Waals surface area contributed by atoms with E-state index in [1.54, 1.807) is 24.4 Å². The number of aromatic amines is 1. The molecule has 96 valence electrons. The molecule has 1 fully saturated rings. The van der Waals surface area contributed by atoms with E-state index in [9.17, 15) is 0 Å². The second-order valence-corrected chi connectivity index (χ2v) is 6.72. The average Bonchev–Trinajstić information content (AvgIpc) is 2.90. The average molecular weight is 263 g/mol. The standard InChI is InChI=1S/C12H17N5S/c1-12(2)4-3-7(9(12)13)18-11-8-10(15-5-14-8)16-6-17-11/h5-7,9H,3-4,13H2,1-2H3,(H,14,15,16,17). The van der Waals surface area contributed by atoms with Crippen LogP contribution in [0.15, 0.2) is 17.7 Å². The molecule has 3 rings (SSSR count). The Kier molecular flexibility index (Phi) is 2.79. The first-order chi connectivity index (χ1) is 8.58. The fourth-order valence-electron chi connectivity index (χ4n) is 2.47. The van der Waals surface area contributed by atoms with Crippen molar-refractivity contribution in [1.82, 2.24) is 19.9 Å². The van der Waals surface area contributed by atoms with Gasteiger partial charge in [0.05, 0.1) is 6.33 Å². The Hall–Kier alpha value is -1.14. The largest absolute Gasteiger partial charge is 0.341 e. The van der Waals surface area contributed by atoms with Crippen LogP contribution in [0.3, 0.4) is 0 Å². The number of imidazole rings is 1. The second-order valence-electron chi connectivity index (χ2n) is 5.49. The first-order valence-corrected chi connectivity index (χ1v) is 7.02. The molecule has 0 aliphatic heterocycles. The van der Waals surface area contributed by atoms with Gasteiger partial charge in [-0.2, -0.15) is 0 Å². The summed E-state index contributed by atoms with van der Waals surface area (Å²) in [5, 5.41) is 1.37. The van der Waals surface area contributed by atoms with Crippen LogP contribution >= 0.6 is 11.8 Å². The summed E-state index contributed by atoms with van der Waals surface area (Å²) in [7, 11) is 0. The zero-order valence-corrected chi connectivity index (χ0v) is 11.4. The topological polar surface area (TPSA) is 80.5 Å². The Morgan fingerprint density at radius 3 is 2.94 bits per heavy atom. The highest BCUT2D eigenvalue weighted by Crippen LogP contribution is 2.44. The molecule has 5 nitrogen and oxygen atoms in total. The maximum atomic E-state index is 6.33. The monoisotopic (exact) mass is 263 g/mol. The Labute approximate surface area is 110 Å². The van der Waals surface area contributed by atoms with Crippen molar-refractivity contribution in [2.45, 2.75) is 43.0 Å². The molecule has 0 spiro atoms. The first-order valence-electron chi connectivity index (χ1n) is 6.14. The molecular weight excluding hydrogens is 246 g/mol. The van der Waals surface area contributed by atoms with E-state index in [1.165, 1.54) is 6.42 Å². The summed E-state index contributed by atoms with van der Waals surface area (Å²) >= 11 is 1.75. The Bertz CT molecular complexity index is 564. The normalized spacial score (nSPS) is 26.8. The molecular formula is C12H17N5S. The van der Waals surface area contributed by atoms with E-state index in [1.807, 2.05) is 0 Å². The van der Waals surface area contributed by atoms with Crippen LogP contribution in [0.2, 0.25) is 0 Å². The van der Waals surface area contributed by atoms with Gasteiger partial charge >= 0.3 is 0 Å². The quantitative estimate of drug-likeness (QED) is 0.810. The minimum absolute atomic E-state index is 0.204. The van der Waals surface area contributed by atoms with Crippen molar-refractivity contribution < 1.29 is 0 Å². The number of nitrogens with one attached hydrogen (secondary N) is 1. The number of hydrogen-bond acceptors (Lipinski definition) is 5. The number of hydrogen-bond donors (Lipinski definition) is 2. The van der Waals surface area contributed by atoms with Gasteiger partial charge in [0.2, 0.25) is 0 Å².